The van der Waals surface area contributed by atoms with Gasteiger partial charge in [0, 0.05) is 22.3 Å². The number of amides is 1. The molecule has 5 nitrogen and oxygen atoms in total. The van der Waals surface area contributed by atoms with E-state index in [-0.39, 0.29) is 5.91 Å². The predicted molar refractivity (Wildman–Crippen MR) is 83.9 cm³/mol. The Kier molecular flexibility index (Phi) is 5.33. The van der Waals surface area contributed by atoms with Gasteiger partial charge in [-0.1, -0.05) is 15.9 Å². The average molecular weight is 403 g/mol. The minimum absolute atomic E-state index is 0.185. The molecule has 0 aliphatic rings. The van der Waals surface area contributed by atoms with Crippen molar-refractivity contribution in [3.8, 4) is 0 Å². The fourth-order valence-electron chi connectivity index (χ4n) is 1.61. The molecule has 1 N–H and O–H groups in total. The molecule has 106 valence electrons. The minimum Gasteiger partial charge on any atom is -0.383 e. The third kappa shape index (κ3) is 3.91. The van der Waals surface area contributed by atoms with Gasteiger partial charge in [0.25, 0.3) is 5.91 Å². The van der Waals surface area contributed by atoms with Gasteiger partial charge in [-0.15, -0.1) is 0 Å². The Morgan fingerprint density at radius 2 is 2.25 bits per heavy atom. The highest BCUT2D eigenvalue weighted by molar-refractivity contribution is 9.11. The number of anilines is 1. The highest BCUT2D eigenvalue weighted by Gasteiger charge is 2.11. The average Bonchev–Trinajstić information content (AvgIpc) is 2.83. The number of nitrogens with zero attached hydrogens (tertiary/aromatic N) is 2. The fourth-order valence-corrected chi connectivity index (χ4v) is 2.83. The van der Waals surface area contributed by atoms with Crippen LogP contribution in [0.25, 0.3) is 0 Å². The summed E-state index contributed by atoms with van der Waals surface area (Å²) in [5.74, 6) is -0.185. The summed E-state index contributed by atoms with van der Waals surface area (Å²) >= 11 is 6.73. The van der Waals surface area contributed by atoms with Gasteiger partial charge in [0.15, 0.2) is 0 Å². The van der Waals surface area contributed by atoms with Gasteiger partial charge in [0.2, 0.25) is 0 Å². The van der Waals surface area contributed by atoms with Gasteiger partial charge in [0.05, 0.1) is 30.6 Å². The fraction of sp³-hybridized carbons (Fsp3) is 0.231. The number of carbonyl (C=O) groups excluding carboxylic acids is 1. The molecule has 0 aliphatic carbocycles. The normalized spacial score (nSPS) is 10.6. The Balaban J connectivity index is 2.05. The maximum atomic E-state index is 12.2. The summed E-state index contributed by atoms with van der Waals surface area (Å²) in [6.45, 7) is 1.22. The number of hydrogen-bond acceptors (Lipinski definition) is 3. The molecule has 0 radical (unpaired) electrons. The van der Waals surface area contributed by atoms with Crippen LogP contribution in [0.2, 0.25) is 0 Å². The van der Waals surface area contributed by atoms with E-state index in [1.165, 1.54) is 0 Å². The van der Waals surface area contributed by atoms with E-state index in [0.717, 1.165) is 8.95 Å². The van der Waals surface area contributed by atoms with E-state index >= 15 is 0 Å². The topological polar surface area (TPSA) is 56.1 Å². The molecule has 0 fully saturated rings. The van der Waals surface area contributed by atoms with Gasteiger partial charge in [-0.2, -0.15) is 5.10 Å². The number of carbonyl (C=O) groups is 1. The molecular formula is C13H13Br2N3O2. The highest BCUT2D eigenvalue weighted by atomic mass is 79.9. The van der Waals surface area contributed by atoms with E-state index in [9.17, 15) is 4.79 Å². The van der Waals surface area contributed by atoms with Crippen LogP contribution < -0.4 is 5.32 Å². The Labute approximate surface area is 133 Å². The monoisotopic (exact) mass is 401 g/mol. The van der Waals surface area contributed by atoms with Gasteiger partial charge < -0.3 is 10.1 Å². The van der Waals surface area contributed by atoms with Gasteiger partial charge in [-0.05, 0) is 34.1 Å². The van der Waals surface area contributed by atoms with Gasteiger partial charge in [-0.3, -0.25) is 9.48 Å². The van der Waals surface area contributed by atoms with Crippen LogP contribution in [-0.2, 0) is 11.3 Å². The third-order valence-electron chi connectivity index (χ3n) is 2.59. The second kappa shape index (κ2) is 7.01. The molecule has 0 atom stereocenters. The second-order valence-corrected chi connectivity index (χ2v) is 5.83. The lowest BCUT2D eigenvalue weighted by atomic mass is 10.2. The van der Waals surface area contributed by atoms with Crippen molar-refractivity contribution < 1.29 is 9.53 Å². The largest absolute Gasteiger partial charge is 0.383 e. The lowest BCUT2D eigenvalue weighted by molar-refractivity contribution is 0.102. The zero-order valence-corrected chi connectivity index (χ0v) is 13.9. The summed E-state index contributed by atoms with van der Waals surface area (Å²) in [7, 11) is 1.64. The zero-order valence-electron chi connectivity index (χ0n) is 10.8. The Morgan fingerprint density at radius 1 is 1.45 bits per heavy atom. The number of methoxy groups -OCH3 is 1. The predicted octanol–water partition coefficient (Wildman–Crippen LogP) is 3.31. The smallest absolute Gasteiger partial charge is 0.256 e. The van der Waals surface area contributed by atoms with Crippen LogP contribution in [0.5, 0.6) is 0 Å². The molecule has 0 saturated heterocycles. The summed E-state index contributed by atoms with van der Waals surface area (Å²) in [5.41, 5.74) is 1.22. The summed E-state index contributed by atoms with van der Waals surface area (Å²) in [5, 5.41) is 6.95. The van der Waals surface area contributed by atoms with E-state index in [1.54, 1.807) is 30.3 Å². The molecule has 0 spiro atoms. The molecule has 1 heterocycles. The first kappa shape index (κ1) is 15.2. The molecule has 0 aliphatic heterocycles. The first-order valence-corrected chi connectivity index (χ1v) is 7.46. The first-order valence-electron chi connectivity index (χ1n) is 5.88. The Bertz CT molecular complexity index is 613. The number of ether oxygens (including phenoxy) is 1. The van der Waals surface area contributed by atoms with Crippen LogP contribution in [0.1, 0.15) is 10.4 Å². The van der Waals surface area contributed by atoms with Crippen molar-refractivity contribution in [2.24, 2.45) is 0 Å². The van der Waals surface area contributed by atoms with Crippen molar-refractivity contribution in [3.63, 3.8) is 0 Å². The maximum absolute atomic E-state index is 12.2. The molecular weight excluding hydrogens is 390 g/mol. The zero-order chi connectivity index (χ0) is 14.5. The Morgan fingerprint density at radius 3 is 2.95 bits per heavy atom. The quantitative estimate of drug-likeness (QED) is 0.834. The summed E-state index contributed by atoms with van der Waals surface area (Å²) in [6, 6.07) is 5.40. The molecule has 2 rings (SSSR count). The van der Waals surface area contributed by atoms with Crippen molar-refractivity contribution >= 4 is 43.5 Å². The second-order valence-electron chi connectivity index (χ2n) is 4.06. The van der Waals surface area contributed by atoms with Crippen LogP contribution >= 0.6 is 31.9 Å². The highest BCUT2D eigenvalue weighted by Crippen LogP contribution is 2.22. The van der Waals surface area contributed by atoms with E-state index in [0.29, 0.717) is 24.4 Å². The molecule has 0 unspecified atom stereocenters. The molecule has 2 aromatic rings. The lowest BCUT2D eigenvalue weighted by Gasteiger charge is -2.05. The van der Waals surface area contributed by atoms with Crippen molar-refractivity contribution in [1.82, 2.24) is 9.78 Å². The number of halogens is 2. The minimum atomic E-state index is -0.185. The van der Waals surface area contributed by atoms with E-state index < -0.39 is 0 Å². The van der Waals surface area contributed by atoms with Crippen LogP contribution in [0.15, 0.2) is 39.5 Å². The number of benzene rings is 1. The molecule has 20 heavy (non-hydrogen) atoms. The van der Waals surface area contributed by atoms with Crippen LogP contribution in [0.4, 0.5) is 5.69 Å². The van der Waals surface area contributed by atoms with Gasteiger partial charge in [0.1, 0.15) is 0 Å². The summed E-state index contributed by atoms with van der Waals surface area (Å²) in [6.07, 6.45) is 3.38. The van der Waals surface area contributed by atoms with Crippen molar-refractivity contribution in [2.45, 2.75) is 6.54 Å². The molecule has 0 bridgehead atoms. The van der Waals surface area contributed by atoms with Crippen molar-refractivity contribution in [2.75, 3.05) is 19.0 Å². The molecule has 1 amide bonds. The number of rotatable bonds is 5. The van der Waals surface area contributed by atoms with Crippen LogP contribution in [-0.4, -0.2) is 29.4 Å². The third-order valence-corrected chi connectivity index (χ3v) is 3.74. The molecule has 1 aromatic heterocycles. The van der Waals surface area contributed by atoms with E-state index in [2.05, 4.69) is 42.3 Å². The number of hydrogen-bond donors (Lipinski definition) is 1. The van der Waals surface area contributed by atoms with Crippen molar-refractivity contribution in [3.05, 3.63) is 45.1 Å². The lowest BCUT2D eigenvalue weighted by Crippen LogP contribution is -2.12. The SMILES string of the molecule is COCCn1cc(NC(=O)c2ccc(Br)cc2Br)cn1. The first-order chi connectivity index (χ1) is 9.60. The molecule has 7 heteroatoms. The van der Waals surface area contributed by atoms with E-state index in [1.807, 2.05) is 12.1 Å². The summed E-state index contributed by atoms with van der Waals surface area (Å²) < 4.78 is 8.33. The standard InChI is InChI=1S/C13H13Br2N3O2/c1-20-5-4-18-8-10(7-16-18)17-13(19)11-3-2-9(14)6-12(11)15/h2-3,6-8H,4-5H2,1H3,(H,17,19). The Hall–Kier alpha value is -1.18. The molecule has 1 aromatic carbocycles. The van der Waals surface area contributed by atoms with Crippen LogP contribution in [0, 0.1) is 0 Å². The number of nitrogens with one attached hydrogen (secondary N) is 1. The van der Waals surface area contributed by atoms with Gasteiger partial charge >= 0.3 is 0 Å². The van der Waals surface area contributed by atoms with E-state index in [4.69, 9.17) is 4.74 Å². The summed E-state index contributed by atoms with van der Waals surface area (Å²) in [4.78, 5) is 12.2. The maximum Gasteiger partial charge on any atom is 0.256 e. The van der Waals surface area contributed by atoms with Gasteiger partial charge in [-0.25, -0.2) is 0 Å². The van der Waals surface area contributed by atoms with Crippen LogP contribution in [0.3, 0.4) is 0 Å². The van der Waals surface area contributed by atoms with Crippen molar-refractivity contribution in [1.29, 1.82) is 0 Å². The number of aromatic nitrogens is 2. The molecule has 0 saturated carbocycles.